The number of terminal acetylenes is 1. The third-order valence-electron chi connectivity index (χ3n) is 5.44. The van der Waals surface area contributed by atoms with E-state index in [1.807, 2.05) is 20.8 Å². The number of carbonyl (C=O) groups excluding carboxylic acids is 4. The Bertz CT molecular complexity index is 827. The number of ether oxygens (including phenoxy) is 4. The molecular weight excluding hydrogens is 456 g/mol. The molecule has 0 aromatic heterocycles. The van der Waals surface area contributed by atoms with Gasteiger partial charge in [-0.3, -0.25) is 9.59 Å². The van der Waals surface area contributed by atoms with Crippen molar-refractivity contribution in [2.75, 3.05) is 40.4 Å². The SMILES string of the molecule is C#CCC1(C(=O)OC)CCN(C(=O)OC(C)(C)C)C1.COC(=O)C1CCN(C(=O)OC(C)(C)C)C1.[2HH]. The van der Waals surface area contributed by atoms with Crippen molar-refractivity contribution < 1.29 is 39.6 Å². The van der Waals surface area contributed by atoms with Crippen LogP contribution in [0.15, 0.2) is 0 Å². The summed E-state index contributed by atoms with van der Waals surface area (Å²) in [5.41, 5.74) is -1.85. The second-order valence-corrected chi connectivity index (χ2v) is 10.7. The first kappa shape index (κ1) is 30.1. The van der Waals surface area contributed by atoms with E-state index in [4.69, 9.17) is 20.6 Å². The quantitative estimate of drug-likeness (QED) is 0.330. The van der Waals surface area contributed by atoms with Crippen LogP contribution in [-0.4, -0.2) is 85.5 Å². The van der Waals surface area contributed by atoms with Crippen LogP contribution in [0.4, 0.5) is 9.59 Å². The van der Waals surface area contributed by atoms with E-state index in [2.05, 4.69) is 10.7 Å². The van der Waals surface area contributed by atoms with Gasteiger partial charge >= 0.3 is 24.1 Å². The van der Waals surface area contributed by atoms with E-state index in [9.17, 15) is 19.2 Å². The Morgan fingerprint density at radius 1 is 0.943 bits per heavy atom. The van der Waals surface area contributed by atoms with Crippen LogP contribution in [0, 0.1) is 23.7 Å². The van der Waals surface area contributed by atoms with Crippen molar-refractivity contribution in [2.24, 2.45) is 11.3 Å². The van der Waals surface area contributed by atoms with Gasteiger partial charge in [0.2, 0.25) is 0 Å². The van der Waals surface area contributed by atoms with Crippen LogP contribution in [0.1, 0.15) is 62.2 Å². The third-order valence-corrected chi connectivity index (χ3v) is 5.44. The van der Waals surface area contributed by atoms with Crippen LogP contribution in [-0.2, 0) is 28.5 Å². The number of hydrogen-bond donors (Lipinski definition) is 0. The highest BCUT2D eigenvalue weighted by molar-refractivity contribution is 5.80. The molecule has 0 bridgehead atoms. The fraction of sp³-hybridized carbons (Fsp3) is 0.760. The van der Waals surface area contributed by atoms with Crippen molar-refractivity contribution in [3.63, 3.8) is 0 Å². The maximum Gasteiger partial charge on any atom is 0.410 e. The Morgan fingerprint density at radius 3 is 1.94 bits per heavy atom. The number of likely N-dealkylation sites (tertiary alicyclic amines) is 2. The van der Waals surface area contributed by atoms with Crippen LogP contribution in [0.2, 0.25) is 0 Å². The Labute approximate surface area is 210 Å². The Balaban J connectivity index is 0.000000671. The van der Waals surface area contributed by atoms with Gasteiger partial charge in [-0.2, -0.15) is 0 Å². The normalized spacial score (nSPS) is 21.9. The molecule has 0 saturated carbocycles. The molecule has 2 amide bonds. The van der Waals surface area contributed by atoms with Crippen LogP contribution < -0.4 is 0 Å². The van der Waals surface area contributed by atoms with Crippen molar-refractivity contribution in [1.82, 2.24) is 9.80 Å². The smallest absolute Gasteiger partial charge is 0.410 e. The first-order chi connectivity index (χ1) is 16.1. The van der Waals surface area contributed by atoms with Crippen molar-refractivity contribution >= 4 is 24.1 Å². The predicted octanol–water partition coefficient (Wildman–Crippen LogP) is 3.47. The number of hydrogen-bond acceptors (Lipinski definition) is 8. The van der Waals surface area contributed by atoms with E-state index in [-0.39, 0.29) is 38.3 Å². The number of nitrogens with zero attached hydrogens (tertiary/aromatic N) is 2. The number of rotatable bonds is 3. The Morgan fingerprint density at radius 2 is 1.49 bits per heavy atom. The summed E-state index contributed by atoms with van der Waals surface area (Å²) >= 11 is 0. The topological polar surface area (TPSA) is 112 Å². The van der Waals surface area contributed by atoms with Crippen molar-refractivity contribution in [2.45, 2.75) is 72.0 Å². The van der Waals surface area contributed by atoms with E-state index in [1.54, 1.807) is 25.7 Å². The van der Waals surface area contributed by atoms with Gasteiger partial charge in [-0.1, -0.05) is 0 Å². The lowest BCUT2D eigenvalue weighted by Gasteiger charge is -2.26. The molecule has 2 heterocycles. The molecule has 2 rings (SSSR count). The number of esters is 2. The van der Waals surface area contributed by atoms with Crippen LogP contribution in [0.25, 0.3) is 0 Å². The minimum atomic E-state index is -0.791. The van der Waals surface area contributed by atoms with Gasteiger partial charge in [-0.05, 0) is 54.4 Å². The molecule has 0 radical (unpaired) electrons. The lowest BCUT2D eigenvalue weighted by atomic mass is 9.84. The summed E-state index contributed by atoms with van der Waals surface area (Å²) in [7, 11) is 2.69. The van der Waals surface area contributed by atoms with Crippen molar-refractivity contribution in [1.29, 1.82) is 0 Å². The third kappa shape index (κ3) is 9.30. The van der Waals surface area contributed by atoms with Gasteiger partial charge < -0.3 is 28.7 Å². The summed E-state index contributed by atoms with van der Waals surface area (Å²) in [5.74, 6) is 1.66. The summed E-state index contributed by atoms with van der Waals surface area (Å²) in [6.07, 6.45) is 5.94. The molecular formula is C25H42N2O8. The number of methoxy groups -OCH3 is 2. The maximum atomic E-state index is 12.0. The maximum absolute atomic E-state index is 12.0. The van der Waals surface area contributed by atoms with Crippen molar-refractivity contribution in [3.05, 3.63) is 0 Å². The monoisotopic (exact) mass is 499 g/mol. The fourth-order valence-corrected chi connectivity index (χ4v) is 3.76. The van der Waals surface area contributed by atoms with E-state index in [0.29, 0.717) is 32.5 Å². The largest absolute Gasteiger partial charge is 0.469 e. The molecule has 2 unspecified atom stereocenters. The van der Waals surface area contributed by atoms with E-state index < -0.39 is 22.7 Å². The number of amides is 2. The standard InChI is InChI=1S/C14H21NO4.C11H19NO4.H2/c1-6-7-14(11(16)18-5)8-9-15(10-14)12(17)19-13(2,3)4;1-11(2,3)16-10(14)12-6-5-8(7-12)9(13)15-4;/h1H,7-10H2,2-5H3;8H,5-7H2,1-4H3;1H/i;;1+1. The second kappa shape index (κ2) is 12.1. The van der Waals surface area contributed by atoms with E-state index >= 15 is 0 Å². The van der Waals surface area contributed by atoms with Gasteiger partial charge in [-0.15, -0.1) is 12.3 Å². The van der Waals surface area contributed by atoms with Crippen LogP contribution >= 0.6 is 0 Å². The summed E-state index contributed by atoms with van der Waals surface area (Å²) in [6, 6.07) is 0. The average Bonchev–Trinajstić information content (AvgIpc) is 3.39. The molecule has 0 aromatic carbocycles. The second-order valence-electron chi connectivity index (χ2n) is 10.7. The summed E-state index contributed by atoms with van der Waals surface area (Å²) < 4.78 is 20.0. The summed E-state index contributed by atoms with van der Waals surface area (Å²) in [4.78, 5) is 49.8. The number of carbonyl (C=O) groups is 4. The molecule has 2 atom stereocenters. The summed E-state index contributed by atoms with van der Waals surface area (Å²) in [6.45, 7) is 12.5. The van der Waals surface area contributed by atoms with Gasteiger partial charge in [0, 0.05) is 34.0 Å². The molecule has 0 spiro atoms. The van der Waals surface area contributed by atoms with Crippen LogP contribution in [0.3, 0.4) is 0 Å². The molecule has 2 saturated heterocycles. The first-order valence-corrected chi connectivity index (χ1v) is 11.6. The lowest BCUT2D eigenvalue weighted by molar-refractivity contribution is -0.151. The van der Waals surface area contributed by atoms with Gasteiger partial charge in [0.15, 0.2) is 0 Å². The molecule has 0 aromatic rings. The highest BCUT2D eigenvalue weighted by Crippen LogP contribution is 2.35. The predicted molar refractivity (Wildman–Crippen MR) is 130 cm³/mol. The zero-order valence-electron chi connectivity index (χ0n) is 22.3. The fourth-order valence-electron chi connectivity index (χ4n) is 3.76. The zero-order chi connectivity index (χ0) is 27.0. The van der Waals surface area contributed by atoms with Crippen molar-refractivity contribution in [3.8, 4) is 12.3 Å². The Hall–Kier alpha value is -2.96. The molecule has 2 aliphatic heterocycles. The van der Waals surface area contributed by atoms with Crippen LogP contribution in [0.5, 0.6) is 0 Å². The molecule has 2 fully saturated rings. The molecule has 35 heavy (non-hydrogen) atoms. The highest BCUT2D eigenvalue weighted by Gasteiger charge is 2.47. The van der Waals surface area contributed by atoms with E-state index in [1.165, 1.54) is 19.1 Å². The van der Waals surface area contributed by atoms with Gasteiger partial charge in [-0.25, -0.2) is 9.59 Å². The molecule has 200 valence electrons. The Kier molecular flexibility index (Phi) is 10.4. The molecule has 10 heteroatoms. The van der Waals surface area contributed by atoms with E-state index in [0.717, 1.165) is 0 Å². The van der Waals surface area contributed by atoms with Gasteiger partial charge in [0.25, 0.3) is 0 Å². The molecule has 10 nitrogen and oxygen atoms in total. The van der Waals surface area contributed by atoms with Gasteiger partial charge in [0.05, 0.1) is 25.6 Å². The lowest BCUT2D eigenvalue weighted by Crippen LogP contribution is -2.39. The molecule has 0 N–H and O–H groups in total. The highest BCUT2D eigenvalue weighted by atomic mass is 16.6. The summed E-state index contributed by atoms with van der Waals surface area (Å²) in [5, 5.41) is 0. The first-order valence-electron chi connectivity index (χ1n) is 11.6. The molecule has 2 aliphatic rings. The minimum Gasteiger partial charge on any atom is -0.469 e. The zero-order valence-corrected chi connectivity index (χ0v) is 22.3. The minimum absolute atomic E-state index is 0. The van der Waals surface area contributed by atoms with Gasteiger partial charge in [0.1, 0.15) is 11.2 Å². The molecule has 0 aliphatic carbocycles. The average molecular weight is 500 g/mol.